The van der Waals surface area contributed by atoms with Crippen LogP contribution in [0.3, 0.4) is 0 Å². The van der Waals surface area contributed by atoms with E-state index in [0.717, 1.165) is 5.56 Å². The van der Waals surface area contributed by atoms with Crippen molar-refractivity contribution in [3.63, 3.8) is 0 Å². The van der Waals surface area contributed by atoms with Crippen molar-refractivity contribution in [3.05, 3.63) is 47.2 Å². The molecule has 5 heteroatoms. The number of aromatic carboxylic acids is 1. The fraction of sp³-hybridized carbons (Fsp3) is 0.200. The molecule has 0 saturated heterocycles. The first-order valence-electron chi connectivity index (χ1n) is 6.12. The number of aromatic nitrogens is 1. The molecule has 0 bridgehead atoms. The number of carboxylic acid groups (broad SMARTS) is 1. The SMILES string of the molecule is CC(C)Oc1cncc(-c2cc(C(=O)O)ccc2Cl)c1. The van der Waals surface area contributed by atoms with Crippen LogP contribution >= 0.6 is 11.6 Å². The summed E-state index contributed by atoms with van der Waals surface area (Å²) in [5, 5.41) is 9.51. The number of hydrogen-bond acceptors (Lipinski definition) is 3. The predicted octanol–water partition coefficient (Wildman–Crippen LogP) is 3.89. The lowest BCUT2D eigenvalue weighted by Gasteiger charge is -2.11. The van der Waals surface area contributed by atoms with Crippen molar-refractivity contribution in [1.82, 2.24) is 4.98 Å². The number of halogens is 1. The van der Waals surface area contributed by atoms with Crippen LogP contribution in [0, 0.1) is 0 Å². The van der Waals surface area contributed by atoms with Crippen molar-refractivity contribution >= 4 is 17.6 Å². The van der Waals surface area contributed by atoms with Crippen molar-refractivity contribution in [3.8, 4) is 16.9 Å². The number of pyridine rings is 1. The first-order valence-corrected chi connectivity index (χ1v) is 6.50. The molecule has 0 aliphatic carbocycles. The topological polar surface area (TPSA) is 59.4 Å². The third-order valence-corrected chi connectivity index (χ3v) is 2.94. The van der Waals surface area contributed by atoms with Gasteiger partial charge in [-0.3, -0.25) is 4.98 Å². The highest BCUT2D eigenvalue weighted by molar-refractivity contribution is 6.33. The number of carboxylic acids is 1. The Kier molecular flexibility index (Phi) is 4.25. The van der Waals surface area contributed by atoms with Gasteiger partial charge in [-0.1, -0.05) is 11.6 Å². The first kappa shape index (κ1) is 14.3. The minimum absolute atomic E-state index is 0.0351. The summed E-state index contributed by atoms with van der Waals surface area (Å²) in [5.74, 6) is -0.375. The van der Waals surface area contributed by atoms with Crippen molar-refractivity contribution in [2.24, 2.45) is 0 Å². The van der Waals surface area contributed by atoms with Gasteiger partial charge in [0.05, 0.1) is 17.9 Å². The van der Waals surface area contributed by atoms with E-state index in [4.69, 9.17) is 21.4 Å². The molecule has 0 spiro atoms. The van der Waals surface area contributed by atoms with Gasteiger partial charge in [-0.2, -0.15) is 0 Å². The second-order valence-electron chi connectivity index (χ2n) is 4.58. The fourth-order valence-electron chi connectivity index (χ4n) is 1.78. The molecule has 0 fully saturated rings. The van der Waals surface area contributed by atoms with E-state index in [1.54, 1.807) is 24.5 Å². The van der Waals surface area contributed by atoms with Crippen LogP contribution in [0.15, 0.2) is 36.7 Å². The van der Waals surface area contributed by atoms with Crippen molar-refractivity contribution in [2.45, 2.75) is 20.0 Å². The lowest BCUT2D eigenvalue weighted by molar-refractivity contribution is 0.0697. The van der Waals surface area contributed by atoms with Gasteiger partial charge in [0, 0.05) is 22.3 Å². The molecular formula is C15H14ClNO3. The second kappa shape index (κ2) is 5.92. The number of carbonyl (C=O) groups is 1. The Labute approximate surface area is 122 Å². The van der Waals surface area contributed by atoms with Gasteiger partial charge in [0.15, 0.2) is 0 Å². The van der Waals surface area contributed by atoms with Crippen LogP contribution in [-0.2, 0) is 0 Å². The minimum atomic E-state index is -0.995. The number of hydrogen-bond donors (Lipinski definition) is 1. The third-order valence-electron chi connectivity index (χ3n) is 2.61. The Hall–Kier alpha value is -2.07. The van der Waals surface area contributed by atoms with E-state index >= 15 is 0 Å². The minimum Gasteiger partial charge on any atom is -0.489 e. The molecule has 0 aliphatic rings. The van der Waals surface area contributed by atoms with Crippen LogP contribution < -0.4 is 4.74 Å². The molecule has 4 nitrogen and oxygen atoms in total. The van der Waals surface area contributed by atoms with Crippen molar-refractivity contribution < 1.29 is 14.6 Å². The molecular weight excluding hydrogens is 278 g/mol. The molecule has 0 saturated carbocycles. The maximum Gasteiger partial charge on any atom is 0.335 e. The van der Waals surface area contributed by atoms with E-state index in [-0.39, 0.29) is 11.7 Å². The summed E-state index contributed by atoms with van der Waals surface area (Å²) in [4.78, 5) is 15.1. The molecule has 104 valence electrons. The summed E-state index contributed by atoms with van der Waals surface area (Å²) in [6, 6.07) is 6.35. The van der Waals surface area contributed by atoms with E-state index in [1.807, 2.05) is 13.8 Å². The molecule has 0 amide bonds. The summed E-state index contributed by atoms with van der Waals surface area (Å²) >= 11 is 6.13. The van der Waals surface area contributed by atoms with Gasteiger partial charge in [-0.05, 0) is 38.1 Å². The Balaban J connectivity index is 2.45. The summed E-state index contributed by atoms with van der Waals surface area (Å²) in [6.07, 6.45) is 3.27. The van der Waals surface area contributed by atoms with E-state index in [1.165, 1.54) is 12.1 Å². The molecule has 2 aromatic rings. The van der Waals surface area contributed by atoms with Crippen molar-refractivity contribution in [1.29, 1.82) is 0 Å². The molecule has 2 rings (SSSR count). The molecule has 0 unspecified atom stereocenters. The highest BCUT2D eigenvalue weighted by atomic mass is 35.5. The van der Waals surface area contributed by atoms with Crippen LogP contribution in [0.4, 0.5) is 0 Å². The molecule has 20 heavy (non-hydrogen) atoms. The number of benzene rings is 1. The Morgan fingerprint density at radius 3 is 2.70 bits per heavy atom. The molecule has 1 aromatic heterocycles. The zero-order valence-corrected chi connectivity index (χ0v) is 11.9. The van der Waals surface area contributed by atoms with Gasteiger partial charge in [-0.25, -0.2) is 4.79 Å². The summed E-state index contributed by atoms with van der Waals surface area (Å²) in [7, 11) is 0. The van der Waals surface area contributed by atoms with Crippen molar-refractivity contribution in [2.75, 3.05) is 0 Å². The van der Waals surface area contributed by atoms with Crippen LogP contribution in [0.25, 0.3) is 11.1 Å². The maximum atomic E-state index is 11.0. The lowest BCUT2D eigenvalue weighted by atomic mass is 10.0. The second-order valence-corrected chi connectivity index (χ2v) is 4.98. The lowest BCUT2D eigenvalue weighted by Crippen LogP contribution is -2.05. The van der Waals surface area contributed by atoms with Crippen LogP contribution in [0.5, 0.6) is 5.75 Å². The van der Waals surface area contributed by atoms with Gasteiger partial charge in [0.1, 0.15) is 5.75 Å². The Bertz CT molecular complexity index is 641. The van der Waals surface area contributed by atoms with E-state index in [0.29, 0.717) is 16.3 Å². The zero-order chi connectivity index (χ0) is 14.7. The average molecular weight is 292 g/mol. The van der Waals surface area contributed by atoms with Gasteiger partial charge >= 0.3 is 5.97 Å². The molecule has 1 heterocycles. The van der Waals surface area contributed by atoms with E-state index < -0.39 is 5.97 Å². The standard InChI is InChI=1S/C15H14ClNO3/c1-9(2)20-12-5-11(7-17-8-12)13-6-10(15(18)19)3-4-14(13)16/h3-9H,1-2H3,(H,18,19). The number of ether oxygens (including phenoxy) is 1. The van der Waals surface area contributed by atoms with Crippen LogP contribution in [-0.4, -0.2) is 22.2 Å². The maximum absolute atomic E-state index is 11.0. The molecule has 1 N–H and O–H groups in total. The molecule has 0 aliphatic heterocycles. The molecule has 1 aromatic carbocycles. The predicted molar refractivity (Wildman–Crippen MR) is 77.4 cm³/mol. The normalized spacial score (nSPS) is 10.6. The average Bonchev–Trinajstić information content (AvgIpc) is 2.38. The largest absolute Gasteiger partial charge is 0.489 e. The summed E-state index contributed by atoms with van der Waals surface area (Å²) < 4.78 is 5.57. The quantitative estimate of drug-likeness (QED) is 0.928. The van der Waals surface area contributed by atoms with Gasteiger partial charge in [-0.15, -0.1) is 0 Å². The Morgan fingerprint density at radius 2 is 2.05 bits per heavy atom. The number of rotatable bonds is 4. The van der Waals surface area contributed by atoms with E-state index in [2.05, 4.69) is 4.98 Å². The smallest absolute Gasteiger partial charge is 0.335 e. The van der Waals surface area contributed by atoms with E-state index in [9.17, 15) is 4.79 Å². The fourth-order valence-corrected chi connectivity index (χ4v) is 2.01. The molecule has 0 atom stereocenters. The van der Waals surface area contributed by atoms with Gasteiger partial charge in [0.2, 0.25) is 0 Å². The monoisotopic (exact) mass is 291 g/mol. The highest BCUT2D eigenvalue weighted by Gasteiger charge is 2.10. The van der Waals surface area contributed by atoms with Gasteiger partial charge in [0.25, 0.3) is 0 Å². The highest BCUT2D eigenvalue weighted by Crippen LogP contribution is 2.30. The summed E-state index contributed by atoms with van der Waals surface area (Å²) in [6.45, 7) is 3.84. The third kappa shape index (κ3) is 3.27. The van der Waals surface area contributed by atoms with Gasteiger partial charge < -0.3 is 9.84 Å². The summed E-state index contributed by atoms with van der Waals surface area (Å²) in [5.41, 5.74) is 1.52. The first-order chi connectivity index (χ1) is 9.47. The zero-order valence-electron chi connectivity index (χ0n) is 11.1. The Morgan fingerprint density at radius 1 is 1.30 bits per heavy atom. The molecule has 0 radical (unpaired) electrons. The van der Waals surface area contributed by atoms with Crippen LogP contribution in [0.2, 0.25) is 5.02 Å². The number of nitrogens with zero attached hydrogens (tertiary/aromatic N) is 1. The van der Waals surface area contributed by atoms with Crippen LogP contribution in [0.1, 0.15) is 24.2 Å².